The van der Waals surface area contributed by atoms with E-state index in [9.17, 15) is 19.2 Å². The summed E-state index contributed by atoms with van der Waals surface area (Å²) in [4.78, 5) is 52.0. The summed E-state index contributed by atoms with van der Waals surface area (Å²) >= 11 is 1.59. The SMILES string of the molecule is CC[C@H](C)CC(NC(=O)[C@@H]1CCC(=O)N1)N(CC=Cc1ccccc1)CC(=O)N[C@@H](CCSC)C(=O)OC. The Kier molecular flexibility index (Phi) is 13.9. The van der Waals surface area contributed by atoms with Crippen LogP contribution < -0.4 is 16.0 Å². The van der Waals surface area contributed by atoms with E-state index >= 15 is 0 Å². The Bertz CT molecular complexity index is 942. The highest BCUT2D eigenvalue weighted by molar-refractivity contribution is 7.98. The summed E-state index contributed by atoms with van der Waals surface area (Å²) in [5.74, 6) is -0.217. The number of thioether (sulfide) groups is 1. The molecule has 9 nitrogen and oxygen atoms in total. The van der Waals surface area contributed by atoms with Gasteiger partial charge in [-0.3, -0.25) is 19.3 Å². The van der Waals surface area contributed by atoms with Crippen LogP contribution in [0.3, 0.4) is 0 Å². The minimum absolute atomic E-state index is 0.0235. The van der Waals surface area contributed by atoms with Gasteiger partial charge in [0.05, 0.1) is 19.8 Å². The van der Waals surface area contributed by atoms with Gasteiger partial charge < -0.3 is 20.7 Å². The molecule has 2 rings (SSSR count). The molecule has 1 aliphatic rings. The number of rotatable bonds is 16. The van der Waals surface area contributed by atoms with E-state index in [0.29, 0.717) is 38.0 Å². The molecule has 1 unspecified atom stereocenters. The van der Waals surface area contributed by atoms with E-state index in [1.165, 1.54) is 7.11 Å². The summed E-state index contributed by atoms with van der Waals surface area (Å²) in [6.45, 7) is 4.56. The van der Waals surface area contributed by atoms with E-state index in [4.69, 9.17) is 4.74 Å². The highest BCUT2D eigenvalue weighted by atomic mass is 32.2. The Morgan fingerprint density at radius 2 is 1.97 bits per heavy atom. The Morgan fingerprint density at radius 3 is 2.58 bits per heavy atom. The summed E-state index contributed by atoms with van der Waals surface area (Å²) in [6.07, 6.45) is 8.20. The number of ether oxygens (including phenoxy) is 1. The molecule has 0 radical (unpaired) electrons. The van der Waals surface area contributed by atoms with Crippen molar-refractivity contribution in [3.63, 3.8) is 0 Å². The van der Waals surface area contributed by atoms with Crippen LogP contribution in [0.1, 0.15) is 51.5 Å². The van der Waals surface area contributed by atoms with Gasteiger partial charge in [-0.1, -0.05) is 62.8 Å². The molecule has 1 saturated heterocycles. The van der Waals surface area contributed by atoms with Crippen molar-refractivity contribution in [2.24, 2.45) is 5.92 Å². The van der Waals surface area contributed by atoms with Crippen LogP contribution in [-0.4, -0.2) is 79.0 Å². The molecule has 0 aliphatic carbocycles. The van der Waals surface area contributed by atoms with Crippen molar-refractivity contribution < 1.29 is 23.9 Å². The third kappa shape index (κ3) is 10.9. The van der Waals surface area contributed by atoms with Crippen LogP contribution in [0.15, 0.2) is 36.4 Å². The predicted octanol–water partition coefficient (Wildman–Crippen LogP) is 2.57. The Hall–Kier alpha value is -2.85. The fourth-order valence-electron chi connectivity index (χ4n) is 4.16. The van der Waals surface area contributed by atoms with Gasteiger partial charge in [-0.25, -0.2) is 4.79 Å². The number of nitrogens with zero attached hydrogens (tertiary/aromatic N) is 1. The van der Waals surface area contributed by atoms with Crippen molar-refractivity contribution >= 4 is 41.5 Å². The van der Waals surface area contributed by atoms with Crippen LogP contribution >= 0.6 is 11.8 Å². The van der Waals surface area contributed by atoms with Crippen molar-refractivity contribution in [2.75, 3.05) is 32.2 Å². The molecule has 1 aromatic carbocycles. The maximum atomic E-state index is 13.2. The van der Waals surface area contributed by atoms with Gasteiger partial charge in [0, 0.05) is 13.0 Å². The first-order valence-electron chi connectivity index (χ1n) is 13.2. The molecule has 0 saturated carbocycles. The smallest absolute Gasteiger partial charge is 0.328 e. The molecule has 4 atom stereocenters. The Morgan fingerprint density at radius 1 is 1.24 bits per heavy atom. The third-order valence-corrected chi connectivity index (χ3v) is 7.26. The first kappa shape index (κ1) is 31.4. The van der Waals surface area contributed by atoms with Crippen molar-refractivity contribution in [3.05, 3.63) is 42.0 Å². The summed E-state index contributed by atoms with van der Waals surface area (Å²) < 4.78 is 4.88. The molecule has 1 aromatic rings. The molecular weight excluding hydrogens is 504 g/mol. The van der Waals surface area contributed by atoms with Crippen LogP contribution in [0.5, 0.6) is 0 Å². The minimum Gasteiger partial charge on any atom is -0.467 e. The zero-order valence-electron chi connectivity index (χ0n) is 22.9. The molecule has 38 heavy (non-hydrogen) atoms. The van der Waals surface area contributed by atoms with Gasteiger partial charge >= 0.3 is 5.97 Å². The quantitative estimate of drug-likeness (QED) is 0.216. The molecule has 1 fully saturated rings. The number of esters is 1. The van der Waals surface area contributed by atoms with Gasteiger partial charge in [0.15, 0.2) is 0 Å². The summed E-state index contributed by atoms with van der Waals surface area (Å²) in [6, 6.07) is 8.51. The topological polar surface area (TPSA) is 117 Å². The second kappa shape index (κ2) is 16.9. The van der Waals surface area contributed by atoms with Gasteiger partial charge in [-0.15, -0.1) is 0 Å². The fourth-order valence-corrected chi connectivity index (χ4v) is 4.64. The fraction of sp³-hybridized carbons (Fsp3) is 0.571. The molecule has 10 heteroatoms. The number of carbonyl (C=O) groups excluding carboxylic acids is 4. The number of carbonyl (C=O) groups is 4. The van der Waals surface area contributed by atoms with Gasteiger partial charge in [-0.2, -0.15) is 11.8 Å². The normalized spacial score (nSPS) is 17.6. The lowest BCUT2D eigenvalue weighted by Crippen LogP contribution is -2.56. The lowest BCUT2D eigenvalue weighted by molar-refractivity contribution is -0.145. The van der Waals surface area contributed by atoms with Crippen molar-refractivity contribution in [1.82, 2.24) is 20.9 Å². The lowest BCUT2D eigenvalue weighted by atomic mass is 10.0. The lowest BCUT2D eigenvalue weighted by Gasteiger charge is -2.33. The van der Waals surface area contributed by atoms with E-state index in [1.54, 1.807) is 11.8 Å². The van der Waals surface area contributed by atoms with Crippen LogP contribution in [0.25, 0.3) is 6.08 Å². The molecule has 0 spiro atoms. The zero-order valence-corrected chi connectivity index (χ0v) is 23.7. The van der Waals surface area contributed by atoms with E-state index in [2.05, 4.69) is 29.8 Å². The van der Waals surface area contributed by atoms with Crippen LogP contribution in [0, 0.1) is 5.92 Å². The standard InChI is InChI=1S/C28H42N4O5S/c1-5-20(2)18-24(31-27(35)22-13-14-25(33)29-22)32(16-9-12-21-10-7-6-8-11-21)19-26(34)30-23(15-17-38-4)28(36)37-3/h6-12,20,22-24H,5,13-19H2,1-4H3,(H,29,33)(H,30,34)(H,31,35)/t20-,22-,23-,24?/m0/s1. The Labute approximate surface area is 230 Å². The molecular formula is C28H42N4O5S. The summed E-state index contributed by atoms with van der Waals surface area (Å²) in [5, 5.41) is 8.62. The minimum atomic E-state index is -0.738. The highest BCUT2D eigenvalue weighted by Gasteiger charge is 2.31. The number of hydrogen-bond donors (Lipinski definition) is 3. The van der Waals surface area contributed by atoms with E-state index in [1.807, 2.05) is 53.6 Å². The third-order valence-electron chi connectivity index (χ3n) is 6.61. The molecule has 3 amide bonds. The molecule has 1 aliphatic heterocycles. The molecule has 210 valence electrons. The predicted molar refractivity (Wildman–Crippen MR) is 151 cm³/mol. The number of nitrogens with one attached hydrogen (secondary N) is 3. The molecule has 1 heterocycles. The molecule has 0 aromatic heterocycles. The Balaban J connectivity index is 2.24. The van der Waals surface area contributed by atoms with Crippen molar-refractivity contribution in [2.45, 2.75) is 64.2 Å². The second-order valence-corrected chi connectivity index (χ2v) is 10.6. The number of benzene rings is 1. The van der Waals surface area contributed by atoms with Crippen molar-refractivity contribution in [1.29, 1.82) is 0 Å². The van der Waals surface area contributed by atoms with Crippen LogP contribution in [0.4, 0.5) is 0 Å². The van der Waals surface area contributed by atoms with Gasteiger partial charge in [0.1, 0.15) is 12.1 Å². The van der Waals surface area contributed by atoms with Gasteiger partial charge in [0.25, 0.3) is 0 Å². The first-order chi connectivity index (χ1) is 18.3. The average Bonchev–Trinajstić information content (AvgIpc) is 3.36. The molecule has 3 N–H and O–H groups in total. The first-order valence-corrected chi connectivity index (χ1v) is 14.6. The zero-order chi connectivity index (χ0) is 27.9. The number of amides is 3. The van der Waals surface area contributed by atoms with Gasteiger partial charge in [-0.05, 0) is 42.8 Å². The number of methoxy groups -OCH3 is 1. The van der Waals surface area contributed by atoms with Crippen LogP contribution in [-0.2, 0) is 23.9 Å². The average molecular weight is 547 g/mol. The van der Waals surface area contributed by atoms with Crippen LogP contribution in [0.2, 0.25) is 0 Å². The highest BCUT2D eigenvalue weighted by Crippen LogP contribution is 2.16. The maximum absolute atomic E-state index is 13.2. The molecule has 0 bridgehead atoms. The van der Waals surface area contributed by atoms with E-state index in [0.717, 1.165) is 12.0 Å². The monoisotopic (exact) mass is 546 g/mol. The van der Waals surface area contributed by atoms with E-state index in [-0.39, 0.29) is 30.2 Å². The summed E-state index contributed by atoms with van der Waals surface area (Å²) in [7, 11) is 1.31. The number of hydrogen-bond acceptors (Lipinski definition) is 7. The van der Waals surface area contributed by atoms with Crippen molar-refractivity contribution in [3.8, 4) is 0 Å². The van der Waals surface area contributed by atoms with E-state index < -0.39 is 24.2 Å². The maximum Gasteiger partial charge on any atom is 0.328 e. The van der Waals surface area contributed by atoms with Gasteiger partial charge in [0.2, 0.25) is 17.7 Å². The second-order valence-electron chi connectivity index (χ2n) is 9.60. The largest absolute Gasteiger partial charge is 0.467 e. The summed E-state index contributed by atoms with van der Waals surface area (Å²) in [5.41, 5.74) is 1.02.